The van der Waals surface area contributed by atoms with Gasteiger partial charge in [0.1, 0.15) is 5.75 Å². The zero-order chi connectivity index (χ0) is 14.8. The lowest BCUT2D eigenvalue weighted by Gasteiger charge is -2.13. The summed E-state index contributed by atoms with van der Waals surface area (Å²) >= 11 is 0. The number of esters is 1. The van der Waals surface area contributed by atoms with Gasteiger partial charge in [-0.1, -0.05) is 13.3 Å². The number of hydrogen-bond acceptors (Lipinski definition) is 5. The van der Waals surface area contributed by atoms with E-state index in [1.165, 1.54) is 7.11 Å². The van der Waals surface area contributed by atoms with Crippen LogP contribution in [0, 0.1) is 0 Å². The molecule has 0 atom stereocenters. The van der Waals surface area contributed by atoms with Crippen LogP contribution in [-0.2, 0) is 9.47 Å². The highest BCUT2D eigenvalue weighted by molar-refractivity contribution is 5.96. The molecule has 0 bridgehead atoms. The molecule has 0 aromatic heterocycles. The largest absolute Gasteiger partial charge is 0.494 e. The first kappa shape index (κ1) is 16.3. The monoisotopic (exact) mass is 281 g/mol. The predicted octanol–water partition coefficient (Wildman–Crippen LogP) is 2.71. The predicted molar refractivity (Wildman–Crippen MR) is 78.6 cm³/mol. The van der Waals surface area contributed by atoms with Crippen LogP contribution in [0.2, 0.25) is 0 Å². The van der Waals surface area contributed by atoms with Crippen LogP contribution in [0.5, 0.6) is 5.75 Å². The smallest absolute Gasteiger partial charge is 0.340 e. The van der Waals surface area contributed by atoms with Crippen molar-refractivity contribution in [2.24, 2.45) is 0 Å². The molecule has 0 aliphatic rings. The van der Waals surface area contributed by atoms with Crippen molar-refractivity contribution in [3.05, 3.63) is 23.8 Å². The molecule has 1 aromatic carbocycles. The van der Waals surface area contributed by atoms with Crippen molar-refractivity contribution in [2.45, 2.75) is 19.8 Å². The second kappa shape index (κ2) is 9.20. The van der Waals surface area contributed by atoms with Gasteiger partial charge in [-0.25, -0.2) is 4.79 Å². The summed E-state index contributed by atoms with van der Waals surface area (Å²) in [4.78, 5) is 11.8. The number of ether oxygens (including phenoxy) is 3. The summed E-state index contributed by atoms with van der Waals surface area (Å²) < 4.78 is 15.4. The third-order valence-corrected chi connectivity index (χ3v) is 2.78. The molecule has 1 N–H and O–H groups in total. The van der Waals surface area contributed by atoms with Crippen molar-refractivity contribution >= 4 is 11.7 Å². The van der Waals surface area contributed by atoms with Crippen LogP contribution in [0.25, 0.3) is 0 Å². The lowest BCUT2D eigenvalue weighted by Crippen LogP contribution is -2.12. The van der Waals surface area contributed by atoms with Gasteiger partial charge in [0, 0.05) is 19.3 Å². The van der Waals surface area contributed by atoms with Gasteiger partial charge in [0.2, 0.25) is 0 Å². The standard InChI is InChI=1S/C15H23NO4/c1-4-5-9-20-12-6-7-14(16-8-10-18-2)13(11-12)15(17)19-3/h6-7,11,16H,4-5,8-10H2,1-3H3. The molecule has 0 spiro atoms. The Morgan fingerprint density at radius 3 is 2.70 bits per heavy atom. The molecule has 0 fully saturated rings. The van der Waals surface area contributed by atoms with Gasteiger partial charge < -0.3 is 19.5 Å². The van der Waals surface area contributed by atoms with E-state index in [1.807, 2.05) is 12.1 Å². The molecular formula is C15H23NO4. The van der Waals surface area contributed by atoms with E-state index < -0.39 is 0 Å². The molecule has 0 saturated carbocycles. The van der Waals surface area contributed by atoms with E-state index in [-0.39, 0.29) is 5.97 Å². The maximum Gasteiger partial charge on any atom is 0.340 e. The summed E-state index contributed by atoms with van der Waals surface area (Å²) in [6, 6.07) is 5.37. The van der Waals surface area contributed by atoms with E-state index in [9.17, 15) is 4.79 Å². The number of nitrogens with one attached hydrogen (secondary N) is 1. The SMILES string of the molecule is CCCCOc1ccc(NCCOC)c(C(=O)OC)c1. The second-order valence-electron chi connectivity index (χ2n) is 4.32. The summed E-state index contributed by atoms with van der Waals surface area (Å²) in [5.41, 5.74) is 1.19. The molecule has 112 valence electrons. The van der Waals surface area contributed by atoms with Gasteiger partial charge in [-0.15, -0.1) is 0 Å². The summed E-state index contributed by atoms with van der Waals surface area (Å²) in [5.74, 6) is 0.294. The fourth-order valence-electron chi connectivity index (χ4n) is 1.67. The molecule has 20 heavy (non-hydrogen) atoms. The Morgan fingerprint density at radius 1 is 1.25 bits per heavy atom. The molecule has 0 unspecified atom stereocenters. The molecule has 1 aromatic rings. The van der Waals surface area contributed by atoms with Crippen LogP contribution in [0.1, 0.15) is 30.1 Å². The summed E-state index contributed by atoms with van der Waals surface area (Å²) in [6.45, 7) is 3.94. The van der Waals surface area contributed by atoms with E-state index >= 15 is 0 Å². The van der Waals surface area contributed by atoms with Crippen molar-refractivity contribution in [3.8, 4) is 5.75 Å². The van der Waals surface area contributed by atoms with Gasteiger partial charge in [-0.05, 0) is 24.6 Å². The Labute approximate surface area is 120 Å². The van der Waals surface area contributed by atoms with Crippen LogP contribution in [0.3, 0.4) is 0 Å². The maximum atomic E-state index is 11.8. The lowest BCUT2D eigenvalue weighted by atomic mass is 10.1. The van der Waals surface area contributed by atoms with Gasteiger partial charge in [0.15, 0.2) is 0 Å². The highest BCUT2D eigenvalue weighted by Crippen LogP contribution is 2.23. The van der Waals surface area contributed by atoms with E-state index in [0.717, 1.165) is 18.5 Å². The Balaban J connectivity index is 2.80. The number of hydrogen-bond donors (Lipinski definition) is 1. The summed E-state index contributed by atoms with van der Waals surface area (Å²) in [6.07, 6.45) is 2.06. The number of anilines is 1. The van der Waals surface area contributed by atoms with Crippen molar-refractivity contribution in [1.82, 2.24) is 0 Å². The highest BCUT2D eigenvalue weighted by Gasteiger charge is 2.13. The van der Waals surface area contributed by atoms with Crippen molar-refractivity contribution in [3.63, 3.8) is 0 Å². The number of benzene rings is 1. The number of unbranched alkanes of at least 4 members (excludes halogenated alkanes) is 1. The van der Waals surface area contributed by atoms with Gasteiger partial charge in [-0.3, -0.25) is 0 Å². The summed E-state index contributed by atoms with van der Waals surface area (Å²) in [5, 5.41) is 3.14. The first-order valence-corrected chi connectivity index (χ1v) is 6.80. The normalized spacial score (nSPS) is 10.2. The second-order valence-corrected chi connectivity index (χ2v) is 4.32. The van der Waals surface area contributed by atoms with Gasteiger partial charge in [0.25, 0.3) is 0 Å². The third-order valence-electron chi connectivity index (χ3n) is 2.78. The van der Waals surface area contributed by atoms with Crippen molar-refractivity contribution in [2.75, 3.05) is 39.3 Å². The first-order chi connectivity index (χ1) is 9.72. The quantitative estimate of drug-likeness (QED) is 0.557. The van der Waals surface area contributed by atoms with Gasteiger partial charge in [-0.2, -0.15) is 0 Å². The minimum absolute atomic E-state index is 0.383. The zero-order valence-electron chi connectivity index (χ0n) is 12.4. The van der Waals surface area contributed by atoms with E-state index in [2.05, 4.69) is 12.2 Å². The first-order valence-electron chi connectivity index (χ1n) is 6.80. The fraction of sp³-hybridized carbons (Fsp3) is 0.533. The van der Waals surface area contributed by atoms with Crippen molar-refractivity contribution < 1.29 is 19.0 Å². The lowest BCUT2D eigenvalue weighted by molar-refractivity contribution is 0.0601. The molecule has 1 rings (SSSR count). The van der Waals surface area contributed by atoms with E-state index in [4.69, 9.17) is 14.2 Å². The van der Waals surface area contributed by atoms with Crippen LogP contribution in [0.15, 0.2) is 18.2 Å². The number of rotatable bonds is 9. The molecule has 0 saturated heterocycles. The van der Waals surface area contributed by atoms with Crippen LogP contribution >= 0.6 is 0 Å². The zero-order valence-corrected chi connectivity index (χ0v) is 12.4. The molecule has 0 aliphatic carbocycles. The topological polar surface area (TPSA) is 56.8 Å². The molecule has 5 heteroatoms. The average molecular weight is 281 g/mol. The molecule has 0 amide bonds. The molecule has 5 nitrogen and oxygen atoms in total. The minimum atomic E-state index is -0.383. The Kier molecular flexibility index (Phi) is 7.50. The van der Waals surface area contributed by atoms with E-state index in [1.54, 1.807) is 13.2 Å². The van der Waals surface area contributed by atoms with Gasteiger partial charge in [0.05, 0.1) is 25.9 Å². The highest BCUT2D eigenvalue weighted by atomic mass is 16.5. The number of methoxy groups -OCH3 is 2. The number of carbonyl (C=O) groups excluding carboxylic acids is 1. The molecule has 0 aliphatic heterocycles. The van der Waals surface area contributed by atoms with Crippen LogP contribution in [-0.4, -0.2) is 39.9 Å². The maximum absolute atomic E-state index is 11.8. The van der Waals surface area contributed by atoms with Crippen LogP contribution in [0.4, 0.5) is 5.69 Å². The van der Waals surface area contributed by atoms with Crippen LogP contribution < -0.4 is 10.1 Å². The Bertz CT molecular complexity index is 420. The number of carbonyl (C=O) groups is 1. The average Bonchev–Trinajstić information content (AvgIpc) is 2.48. The third kappa shape index (κ3) is 5.09. The summed E-state index contributed by atoms with van der Waals surface area (Å²) in [7, 11) is 3.00. The Morgan fingerprint density at radius 2 is 2.05 bits per heavy atom. The van der Waals surface area contributed by atoms with Crippen molar-refractivity contribution in [1.29, 1.82) is 0 Å². The molecular weight excluding hydrogens is 258 g/mol. The minimum Gasteiger partial charge on any atom is -0.494 e. The Hall–Kier alpha value is -1.75. The molecule has 0 radical (unpaired) electrons. The fourth-order valence-corrected chi connectivity index (χ4v) is 1.67. The molecule has 0 heterocycles. The van der Waals surface area contributed by atoms with E-state index in [0.29, 0.717) is 31.1 Å². The van der Waals surface area contributed by atoms with Gasteiger partial charge >= 0.3 is 5.97 Å².